The summed E-state index contributed by atoms with van der Waals surface area (Å²) in [5.41, 5.74) is 1.09. The Hall–Kier alpha value is -1.27. The van der Waals surface area contributed by atoms with Gasteiger partial charge in [-0.3, -0.25) is 4.55 Å². The summed E-state index contributed by atoms with van der Waals surface area (Å²) in [5, 5.41) is 3.41. The van der Waals surface area contributed by atoms with Crippen LogP contribution in [-0.4, -0.2) is 31.9 Å². The van der Waals surface area contributed by atoms with Crippen molar-refractivity contribution < 1.29 is 17.7 Å². The molecular formula is C18H31NO4S. The monoisotopic (exact) mass is 357 g/mol. The highest BCUT2D eigenvalue weighted by Gasteiger charge is 2.03. The molecule has 0 radical (unpaired) electrons. The van der Waals surface area contributed by atoms with E-state index in [9.17, 15) is 8.42 Å². The Kier molecular flexibility index (Phi) is 10.5. The van der Waals surface area contributed by atoms with Crippen molar-refractivity contribution in [2.45, 2.75) is 58.3 Å². The van der Waals surface area contributed by atoms with Crippen molar-refractivity contribution in [1.29, 1.82) is 0 Å². The molecule has 0 saturated carbocycles. The summed E-state index contributed by atoms with van der Waals surface area (Å²) in [6.07, 6.45) is 8.74. The quantitative estimate of drug-likeness (QED) is 0.378. The Morgan fingerprint density at radius 2 is 1.62 bits per heavy atom. The summed E-state index contributed by atoms with van der Waals surface area (Å²) in [4.78, 5) is 0. The number of hydrogen-bond donors (Lipinski definition) is 2. The second-order valence-corrected chi connectivity index (χ2v) is 7.63. The average molecular weight is 358 g/mol. The summed E-state index contributed by atoms with van der Waals surface area (Å²) >= 11 is 0. The molecule has 0 aromatic heterocycles. The highest BCUT2D eigenvalue weighted by molar-refractivity contribution is 7.85. The predicted octanol–water partition coefficient (Wildman–Crippen LogP) is 4.51. The minimum absolute atomic E-state index is 0.211. The molecule has 0 aliphatic carbocycles. The van der Waals surface area contributed by atoms with Crippen LogP contribution in [0.4, 0.5) is 5.69 Å². The van der Waals surface area contributed by atoms with Crippen LogP contribution in [0.3, 0.4) is 0 Å². The molecule has 0 bridgehead atoms. The first-order chi connectivity index (χ1) is 11.5. The van der Waals surface area contributed by atoms with Gasteiger partial charge in [0, 0.05) is 12.2 Å². The Morgan fingerprint density at radius 1 is 0.958 bits per heavy atom. The molecule has 0 heterocycles. The third-order valence-electron chi connectivity index (χ3n) is 3.78. The van der Waals surface area contributed by atoms with E-state index < -0.39 is 10.1 Å². The van der Waals surface area contributed by atoms with E-state index in [2.05, 4.69) is 12.2 Å². The van der Waals surface area contributed by atoms with E-state index >= 15 is 0 Å². The van der Waals surface area contributed by atoms with Gasteiger partial charge in [0.1, 0.15) is 5.75 Å². The average Bonchev–Trinajstić information content (AvgIpc) is 2.54. The zero-order valence-electron chi connectivity index (χ0n) is 14.7. The van der Waals surface area contributed by atoms with Crippen LogP contribution in [-0.2, 0) is 10.1 Å². The van der Waals surface area contributed by atoms with Gasteiger partial charge < -0.3 is 10.1 Å². The van der Waals surface area contributed by atoms with Crippen LogP contribution < -0.4 is 10.1 Å². The zero-order chi connectivity index (χ0) is 17.7. The summed E-state index contributed by atoms with van der Waals surface area (Å²) in [6, 6.07) is 7.80. The first-order valence-corrected chi connectivity index (χ1v) is 10.5. The van der Waals surface area contributed by atoms with Crippen LogP contribution in [0.25, 0.3) is 0 Å². The maximum Gasteiger partial charge on any atom is 0.264 e. The van der Waals surface area contributed by atoms with Gasteiger partial charge in [-0.1, -0.05) is 39.0 Å². The molecule has 0 unspecified atom stereocenters. The van der Waals surface area contributed by atoms with Gasteiger partial charge in [0.2, 0.25) is 0 Å². The Balaban J connectivity index is 2.10. The fourth-order valence-electron chi connectivity index (χ4n) is 2.38. The fourth-order valence-corrected chi connectivity index (χ4v) is 2.95. The van der Waals surface area contributed by atoms with Gasteiger partial charge in [0.15, 0.2) is 0 Å². The van der Waals surface area contributed by atoms with E-state index in [-0.39, 0.29) is 5.75 Å². The fraction of sp³-hybridized carbons (Fsp3) is 0.667. The van der Waals surface area contributed by atoms with E-state index in [0.717, 1.165) is 18.0 Å². The zero-order valence-corrected chi connectivity index (χ0v) is 15.5. The number of nitrogens with one attached hydrogen (secondary N) is 1. The molecule has 0 amide bonds. The number of ether oxygens (including phenoxy) is 1. The molecule has 2 N–H and O–H groups in total. The van der Waals surface area contributed by atoms with E-state index in [4.69, 9.17) is 9.29 Å². The lowest BCUT2D eigenvalue weighted by Crippen LogP contribution is -2.06. The van der Waals surface area contributed by atoms with Crippen LogP contribution in [0.5, 0.6) is 5.75 Å². The summed E-state index contributed by atoms with van der Waals surface area (Å²) < 4.78 is 35.4. The molecule has 0 atom stereocenters. The minimum atomic E-state index is -3.86. The van der Waals surface area contributed by atoms with Crippen molar-refractivity contribution >= 4 is 15.8 Å². The van der Waals surface area contributed by atoms with E-state index in [1.807, 2.05) is 24.3 Å². The van der Waals surface area contributed by atoms with E-state index in [1.165, 1.54) is 38.5 Å². The molecular weight excluding hydrogens is 326 g/mol. The number of rotatable bonds is 14. The Morgan fingerprint density at radius 3 is 2.29 bits per heavy atom. The van der Waals surface area contributed by atoms with Gasteiger partial charge in [-0.25, -0.2) is 0 Å². The number of anilines is 1. The first kappa shape index (κ1) is 20.8. The molecule has 5 nitrogen and oxygen atoms in total. The van der Waals surface area contributed by atoms with Crippen molar-refractivity contribution in [3.05, 3.63) is 24.3 Å². The standard InChI is InChI=1S/C18H31NO4S/c1-2-3-4-5-6-7-14-19-17-10-12-18(13-11-17)23-15-8-9-16-24(20,21)22/h10-13,19H,2-9,14-16H2,1H3,(H,20,21,22). The summed E-state index contributed by atoms with van der Waals surface area (Å²) in [6.45, 7) is 3.66. The molecule has 138 valence electrons. The third kappa shape index (κ3) is 11.3. The highest BCUT2D eigenvalue weighted by atomic mass is 32.2. The molecule has 0 aliphatic heterocycles. The van der Waals surface area contributed by atoms with Gasteiger partial charge in [-0.15, -0.1) is 0 Å². The topological polar surface area (TPSA) is 75.6 Å². The van der Waals surface area contributed by atoms with Crippen molar-refractivity contribution in [3.8, 4) is 5.75 Å². The van der Waals surface area contributed by atoms with Crippen LogP contribution in [0.1, 0.15) is 58.3 Å². The molecule has 1 aromatic carbocycles. The Bertz CT molecular complexity index is 528. The van der Waals surface area contributed by atoms with E-state index in [0.29, 0.717) is 19.4 Å². The maximum absolute atomic E-state index is 10.6. The van der Waals surface area contributed by atoms with Gasteiger partial charge in [0.05, 0.1) is 12.4 Å². The lowest BCUT2D eigenvalue weighted by molar-refractivity contribution is 0.309. The lowest BCUT2D eigenvalue weighted by Gasteiger charge is -2.09. The number of hydrogen-bond acceptors (Lipinski definition) is 4. The normalized spacial score (nSPS) is 11.4. The molecule has 1 rings (SSSR count). The SMILES string of the molecule is CCCCCCCCNc1ccc(OCCCCS(=O)(=O)O)cc1. The van der Waals surface area contributed by atoms with Crippen molar-refractivity contribution in [2.24, 2.45) is 0 Å². The van der Waals surface area contributed by atoms with Gasteiger partial charge in [0.25, 0.3) is 10.1 Å². The highest BCUT2D eigenvalue weighted by Crippen LogP contribution is 2.16. The van der Waals surface area contributed by atoms with E-state index in [1.54, 1.807) is 0 Å². The van der Waals surface area contributed by atoms with Gasteiger partial charge in [-0.05, 0) is 43.5 Å². The minimum Gasteiger partial charge on any atom is -0.494 e. The largest absolute Gasteiger partial charge is 0.494 e. The predicted molar refractivity (Wildman–Crippen MR) is 99.5 cm³/mol. The maximum atomic E-state index is 10.6. The first-order valence-electron chi connectivity index (χ1n) is 8.93. The van der Waals surface area contributed by atoms with Crippen LogP contribution >= 0.6 is 0 Å². The lowest BCUT2D eigenvalue weighted by atomic mass is 10.1. The molecule has 0 spiro atoms. The van der Waals surface area contributed by atoms with Crippen molar-refractivity contribution in [1.82, 2.24) is 0 Å². The van der Waals surface area contributed by atoms with Crippen LogP contribution in [0.15, 0.2) is 24.3 Å². The molecule has 1 aromatic rings. The molecule has 0 fully saturated rings. The molecule has 24 heavy (non-hydrogen) atoms. The van der Waals surface area contributed by atoms with Crippen LogP contribution in [0, 0.1) is 0 Å². The third-order valence-corrected chi connectivity index (χ3v) is 4.58. The van der Waals surface area contributed by atoms with Gasteiger partial charge >= 0.3 is 0 Å². The smallest absolute Gasteiger partial charge is 0.264 e. The molecule has 6 heteroatoms. The second-order valence-electron chi connectivity index (χ2n) is 6.06. The summed E-state index contributed by atoms with van der Waals surface area (Å²) in [5.74, 6) is 0.560. The summed E-state index contributed by atoms with van der Waals surface area (Å²) in [7, 11) is -3.86. The number of unbranched alkanes of at least 4 members (excludes halogenated alkanes) is 6. The van der Waals surface area contributed by atoms with Gasteiger partial charge in [-0.2, -0.15) is 8.42 Å². The van der Waals surface area contributed by atoms with Crippen molar-refractivity contribution in [3.63, 3.8) is 0 Å². The van der Waals surface area contributed by atoms with Crippen LogP contribution in [0.2, 0.25) is 0 Å². The Labute approximate surface area is 146 Å². The molecule has 0 aliphatic rings. The molecule has 0 saturated heterocycles. The number of benzene rings is 1. The second kappa shape index (κ2) is 12.1. The van der Waals surface area contributed by atoms with Crippen molar-refractivity contribution in [2.75, 3.05) is 24.2 Å².